The normalized spacial score (nSPS) is 42.4. The summed E-state index contributed by atoms with van der Waals surface area (Å²) in [5.41, 5.74) is 0.0697. The molecule has 3 atom stereocenters. The van der Waals surface area contributed by atoms with Crippen LogP contribution >= 0.6 is 0 Å². The van der Waals surface area contributed by atoms with E-state index in [1.54, 1.807) is 0 Å². The molecule has 0 N–H and O–H groups in total. The van der Waals surface area contributed by atoms with Gasteiger partial charge in [-0.1, -0.05) is 19.8 Å². The average molecular weight is 226 g/mol. The van der Waals surface area contributed by atoms with Gasteiger partial charge in [0.1, 0.15) is 0 Å². The summed E-state index contributed by atoms with van der Waals surface area (Å²) in [7, 11) is 0. The van der Waals surface area contributed by atoms with Crippen molar-refractivity contribution in [2.45, 2.75) is 58.0 Å². The van der Waals surface area contributed by atoms with Gasteiger partial charge in [-0.3, -0.25) is 0 Å². The van der Waals surface area contributed by atoms with Gasteiger partial charge in [-0.15, -0.1) is 0 Å². The van der Waals surface area contributed by atoms with Crippen molar-refractivity contribution in [2.75, 3.05) is 19.8 Å². The predicted molar refractivity (Wildman–Crippen MR) is 65.5 cm³/mol. The van der Waals surface area contributed by atoms with Crippen LogP contribution in [0.4, 0.5) is 0 Å². The Balaban J connectivity index is 2.06. The molecule has 2 nitrogen and oxygen atoms in total. The van der Waals surface area contributed by atoms with Crippen molar-refractivity contribution in [1.82, 2.24) is 0 Å². The van der Waals surface area contributed by atoms with E-state index in [2.05, 4.69) is 13.8 Å². The summed E-state index contributed by atoms with van der Waals surface area (Å²) >= 11 is 0. The molecule has 2 rings (SSSR count). The van der Waals surface area contributed by atoms with Crippen molar-refractivity contribution in [3.8, 4) is 0 Å². The quantitative estimate of drug-likeness (QED) is 0.682. The smallest absolute Gasteiger partial charge is 0.0707 e. The maximum Gasteiger partial charge on any atom is 0.0707 e. The minimum Gasteiger partial charge on any atom is -0.381 e. The van der Waals surface area contributed by atoms with Crippen LogP contribution in [0.15, 0.2) is 0 Å². The lowest BCUT2D eigenvalue weighted by Gasteiger charge is -2.39. The van der Waals surface area contributed by atoms with Crippen molar-refractivity contribution >= 4 is 0 Å². The highest BCUT2D eigenvalue weighted by atomic mass is 16.5. The molecular formula is C14H26O2. The molecule has 2 heteroatoms. The Morgan fingerprint density at radius 2 is 1.94 bits per heavy atom. The van der Waals surface area contributed by atoms with E-state index in [0.717, 1.165) is 25.7 Å². The second kappa shape index (κ2) is 5.50. The van der Waals surface area contributed by atoms with Crippen LogP contribution in [0.5, 0.6) is 0 Å². The lowest BCUT2D eigenvalue weighted by atomic mass is 9.76. The minimum absolute atomic E-state index is 0.0697. The Labute approximate surface area is 99.7 Å². The molecular weight excluding hydrogens is 200 g/mol. The molecule has 94 valence electrons. The maximum absolute atomic E-state index is 6.18. The molecule has 2 heterocycles. The van der Waals surface area contributed by atoms with Gasteiger partial charge in [0.2, 0.25) is 0 Å². The zero-order valence-corrected chi connectivity index (χ0v) is 10.8. The van der Waals surface area contributed by atoms with Crippen LogP contribution in [-0.4, -0.2) is 25.4 Å². The van der Waals surface area contributed by atoms with Gasteiger partial charge in [0.25, 0.3) is 0 Å². The molecule has 2 saturated heterocycles. The highest BCUT2D eigenvalue weighted by Crippen LogP contribution is 2.38. The van der Waals surface area contributed by atoms with E-state index >= 15 is 0 Å². The third kappa shape index (κ3) is 2.78. The van der Waals surface area contributed by atoms with Crippen LogP contribution in [0.25, 0.3) is 0 Å². The minimum atomic E-state index is 0.0697. The van der Waals surface area contributed by atoms with Gasteiger partial charge in [-0.2, -0.15) is 0 Å². The monoisotopic (exact) mass is 226 g/mol. The fourth-order valence-electron chi connectivity index (χ4n) is 3.29. The number of hydrogen-bond acceptors (Lipinski definition) is 2. The Bertz CT molecular complexity index is 207. The second-order valence-corrected chi connectivity index (χ2v) is 5.77. The van der Waals surface area contributed by atoms with Gasteiger partial charge in [-0.25, -0.2) is 0 Å². The molecule has 0 aliphatic carbocycles. The summed E-state index contributed by atoms with van der Waals surface area (Å²) in [6.07, 6.45) is 7.61. The van der Waals surface area contributed by atoms with Crippen molar-refractivity contribution < 1.29 is 9.47 Å². The van der Waals surface area contributed by atoms with Crippen LogP contribution in [0, 0.1) is 11.8 Å². The molecule has 2 aliphatic rings. The van der Waals surface area contributed by atoms with Crippen LogP contribution in [0.3, 0.4) is 0 Å². The van der Waals surface area contributed by atoms with Crippen molar-refractivity contribution in [3.05, 3.63) is 0 Å². The molecule has 3 unspecified atom stereocenters. The first-order valence-corrected chi connectivity index (χ1v) is 6.94. The molecule has 0 spiro atoms. The summed E-state index contributed by atoms with van der Waals surface area (Å²) in [6.45, 7) is 7.47. The molecule has 0 radical (unpaired) electrons. The average Bonchev–Trinajstić information content (AvgIpc) is 2.59. The van der Waals surface area contributed by atoms with Gasteiger partial charge >= 0.3 is 0 Å². The van der Waals surface area contributed by atoms with Crippen LogP contribution in [-0.2, 0) is 9.47 Å². The zero-order valence-electron chi connectivity index (χ0n) is 10.8. The topological polar surface area (TPSA) is 18.5 Å². The Hall–Kier alpha value is -0.0800. The first-order valence-electron chi connectivity index (χ1n) is 6.94. The van der Waals surface area contributed by atoms with E-state index in [1.807, 2.05) is 0 Å². The Morgan fingerprint density at radius 3 is 2.81 bits per heavy atom. The van der Waals surface area contributed by atoms with Gasteiger partial charge in [0.05, 0.1) is 12.2 Å². The van der Waals surface area contributed by atoms with E-state index in [4.69, 9.17) is 9.47 Å². The summed E-state index contributed by atoms with van der Waals surface area (Å²) < 4.78 is 11.9. The second-order valence-electron chi connectivity index (χ2n) is 5.77. The molecule has 2 aliphatic heterocycles. The number of rotatable bonds is 1. The number of hydrogen-bond donors (Lipinski definition) is 0. The van der Waals surface area contributed by atoms with E-state index in [-0.39, 0.29) is 5.60 Å². The summed E-state index contributed by atoms with van der Waals surface area (Å²) in [5, 5.41) is 0. The standard InChI is InChI=1S/C14H26O2/c1-12-7-6-9-15-11-13(12)14(2)8-4-3-5-10-16-14/h12-13H,3-11H2,1-2H3. The van der Waals surface area contributed by atoms with E-state index in [9.17, 15) is 0 Å². The molecule has 0 aromatic rings. The SMILES string of the molecule is CC1CCCOCC1C1(C)CCCCCO1. The predicted octanol–water partition coefficient (Wildman–Crippen LogP) is 3.40. The third-order valence-electron chi connectivity index (χ3n) is 4.47. The van der Waals surface area contributed by atoms with Gasteiger partial charge in [0, 0.05) is 19.1 Å². The van der Waals surface area contributed by atoms with Gasteiger partial charge in [-0.05, 0) is 38.5 Å². The van der Waals surface area contributed by atoms with Crippen LogP contribution < -0.4 is 0 Å². The van der Waals surface area contributed by atoms with E-state index in [1.165, 1.54) is 38.5 Å². The van der Waals surface area contributed by atoms with E-state index in [0.29, 0.717) is 5.92 Å². The lowest BCUT2D eigenvalue weighted by molar-refractivity contribution is -0.103. The van der Waals surface area contributed by atoms with Crippen molar-refractivity contribution in [1.29, 1.82) is 0 Å². The maximum atomic E-state index is 6.18. The zero-order chi connectivity index (χ0) is 11.4. The summed E-state index contributed by atoms with van der Waals surface area (Å²) in [5.74, 6) is 1.33. The Morgan fingerprint density at radius 1 is 1.06 bits per heavy atom. The highest BCUT2D eigenvalue weighted by Gasteiger charge is 2.39. The first kappa shape index (κ1) is 12.4. The first-order chi connectivity index (χ1) is 7.72. The molecule has 2 fully saturated rings. The van der Waals surface area contributed by atoms with E-state index < -0.39 is 0 Å². The van der Waals surface area contributed by atoms with Crippen molar-refractivity contribution in [3.63, 3.8) is 0 Å². The lowest BCUT2D eigenvalue weighted by Crippen LogP contribution is -2.42. The largest absolute Gasteiger partial charge is 0.381 e. The van der Waals surface area contributed by atoms with Crippen LogP contribution in [0.2, 0.25) is 0 Å². The number of ether oxygens (including phenoxy) is 2. The Kier molecular flexibility index (Phi) is 4.26. The summed E-state index contributed by atoms with van der Waals surface area (Å²) in [4.78, 5) is 0. The van der Waals surface area contributed by atoms with Crippen molar-refractivity contribution in [2.24, 2.45) is 11.8 Å². The molecule has 0 amide bonds. The summed E-state index contributed by atoms with van der Waals surface area (Å²) in [6, 6.07) is 0. The fraction of sp³-hybridized carbons (Fsp3) is 1.00. The molecule has 0 aromatic heterocycles. The molecule has 0 aromatic carbocycles. The van der Waals surface area contributed by atoms with Gasteiger partial charge in [0.15, 0.2) is 0 Å². The molecule has 16 heavy (non-hydrogen) atoms. The third-order valence-corrected chi connectivity index (χ3v) is 4.47. The molecule has 0 saturated carbocycles. The van der Waals surface area contributed by atoms with Gasteiger partial charge < -0.3 is 9.47 Å². The van der Waals surface area contributed by atoms with Crippen LogP contribution in [0.1, 0.15) is 52.4 Å². The molecule has 0 bridgehead atoms. The highest BCUT2D eigenvalue weighted by molar-refractivity contribution is 4.89. The fourth-order valence-corrected chi connectivity index (χ4v) is 3.29.